The van der Waals surface area contributed by atoms with Crippen molar-refractivity contribution in [3.05, 3.63) is 11.6 Å². The topological polar surface area (TPSA) is 38.7 Å². The summed E-state index contributed by atoms with van der Waals surface area (Å²) < 4.78 is 0. The minimum atomic E-state index is -0.626. The van der Waals surface area contributed by atoms with Gasteiger partial charge in [-0.3, -0.25) is 0 Å². The molecular weight excluding hydrogens is 204 g/mol. The predicted molar refractivity (Wildman–Crippen MR) is 66.1 cm³/mol. The van der Waals surface area contributed by atoms with Gasteiger partial charge >= 0.3 is 0 Å². The van der Waals surface area contributed by atoms with E-state index in [0.29, 0.717) is 0 Å². The van der Waals surface area contributed by atoms with Gasteiger partial charge in [-0.1, -0.05) is 11.6 Å². The Balaban J connectivity index is 4.15. The molecule has 0 saturated heterocycles. The van der Waals surface area contributed by atoms with Crippen molar-refractivity contribution in [1.82, 2.24) is 0 Å². The lowest BCUT2D eigenvalue weighted by atomic mass is 10.0. The first-order chi connectivity index (χ1) is 7.18. The van der Waals surface area contributed by atoms with Crippen molar-refractivity contribution in [3.63, 3.8) is 0 Å². The lowest BCUT2D eigenvalue weighted by Gasteiger charge is -2.29. The molecular formula is C13H26O3. The van der Waals surface area contributed by atoms with Crippen LogP contribution in [0.4, 0.5) is 0 Å². The second-order valence-electron chi connectivity index (χ2n) is 5.71. The summed E-state index contributed by atoms with van der Waals surface area (Å²) in [7, 11) is 0. The van der Waals surface area contributed by atoms with Gasteiger partial charge in [0.1, 0.15) is 5.60 Å². The molecule has 0 radical (unpaired) electrons. The fourth-order valence-electron chi connectivity index (χ4n) is 1.04. The van der Waals surface area contributed by atoms with Crippen molar-refractivity contribution < 1.29 is 14.9 Å². The van der Waals surface area contributed by atoms with Gasteiger partial charge in [0.05, 0.1) is 12.2 Å². The molecule has 3 heteroatoms. The van der Waals surface area contributed by atoms with E-state index in [2.05, 4.69) is 19.9 Å². The third kappa shape index (κ3) is 7.85. The van der Waals surface area contributed by atoms with Crippen molar-refractivity contribution in [2.24, 2.45) is 0 Å². The van der Waals surface area contributed by atoms with Gasteiger partial charge in [-0.25, -0.2) is 9.78 Å². The van der Waals surface area contributed by atoms with E-state index in [4.69, 9.17) is 9.78 Å². The summed E-state index contributed by atoms with van der Waals surface area (Å²) in [4.78, 5) is 10.6. The highest BCUT2D eigenvalue weighted by Gasteiger charge is 2.27. The third-order valence-corrected chi connectivity index (χ3v) is 2.05. The van der Waals surface area contributed by atoms with Crippen LogP contribution in [0.5, 0.6) is 0 Å². The van der Waals surface area contributed by atoms with Crippen molar-refractivity contribution in [3.8, 4) is 0 Å². The summed E-state index contributed by atoms with van der Waals surface area (Å²) in [6.07, 6.45) is 3.76. The highest BCUT2D eigenvalue weighted by molar-refractivity contribution is 4.94. The van der Waals surface area contributed by atoms with E-state index in [9.17, 15) is 5.11 Å². The van der Waals surface area contributed by atoms with Crippen molar-refractivity contribution >= 4 is 0 Å². The van der Waals surface area contributed by atoms with Gasteiger partial charge < -0.3 is 5.11 Å². The van der Waals surface area contributed by atoms with Gasteiger partial charge in [0.2, 0.25) is 0 Å². The fraction of sp³-hybridized carbons (Fsp3) is 0.846. The van der Waals surface area contributed by atoms with Gasteiger partial charge in [-0.15, -0.1) is 0 Å². The maximum atomic E-state index is 9.32. The summed E-state index contributed by atoms with van der Waals surface area (Å²) >= 11 is 0. The Morgan fingerprint density at radius 3 is 2.06 bits per heavy atom. The zero-order valence-electron chi connectivity index (χ0n) is 11.5. The van der Waals surface area contributed by atoms with Gasteiger partial charge in [0.15, 0.2) is 0 Å². The Kier molecular flexibility index (Phi) is 6.23. The van der Waals surface area contributed by atoms with E-state index in [1.165, 1.54) is 5.57 Å². The SMILES string of the molecule is CC(C)=CCCC(C)(CO)OOC(C)(C)C. The Morgan fingerprint density at radius 2 is 1.69 bits per heavy atom. The summed E-state index contributed by atoms with van der Waals surface area (Å²) in [5.74, 6) is 0. The minimum absolute atomic E-state index is 0.0420. The minimum Gasteiger partial charge on any atom is -0.393 e. The standard InChI is InChI=1S/C13H26O3/c1-11(2)8-7-9-13(6,10-14)16-15-12(3,4)5/h8,14H,7,9-10H2,1-6H3. The molecule has 0 aliphatic heterocycles. The van der Waals surface area contributed by atoms with E-state index >= 15 is 0 Å². The van der Waals surface area contributed by atoms with Gasteiger partial charge in [0, 0.05) is 0 Å². The zero-order chi connectivity index (χ0) is 12.8. The van der Waals surface area contributed by atoms with Crippen LogP contribution in [0.2, 0.25) is 0 Å². The average Bonchev–Trinajstić information content (AvgIpc) is 2.13. The van der Waals surface area contributed by atoms with E-state index in [1.54, 1.807) is 0 Å². The van der Waals surface area contributed by atoms with E-state index < -0.39 is 5.60 Å². The molecule has 0 heterocycles. The van der Waals surface area contributed by atoms with E-state index in [-0.39, 0.29) is 12.2 Å². The number of allylic oxidation sites excluding steroid dienone is 2. The Morgan fingerprint density at radius 1 is 1.12 bits per heavy atom. The van der Waals surface area contributed by atoms with Crippen LogP contribution in [0, 0.1) is 0 Å². The Bertz CT molecular complexity index is 224. The lowest BCUT2D eigenvalue weighted by Crippen LogP contribution is -2.36. The van der Waals surface area contributed by atoms with Crippen LogP contribution in [0.25, 0.3) is 0 Å². The maximum Gasteiger partial charge on any atom is 0.124 e. The smallest absolute Gasteiger partial charge is 0.124 e. The van der Waals surface area contributed by atoms with Gasteiger partial charge in [-0.05, 0) is 54.4 Å². The summed E-state index contributed by atoms with van der Waals surface area (Å²) in [6.45, 7) is 11.7. The van der Waals surface area contributed by atoms with Crippen LogP contribution < -0.4 is 0 Å². The van der Waals surface area contributed by atoms with Crippen molar-refractivity contribution in [2.75, 3.05) is 6.61 Å². The van der Waals surface area contributed by atoms with Gasteiger partial charge in [-0.2, -0.15) is 0 Å². The largest absolute Gasteiger partial charge is 0.393 e. The van der Waals surface area contributed by atoms with Crippen molar-refractivity contribution in [1.29, 1.82) is 0 Å². The van der Waals surface area contributed by atoms with Gasteiger partial charge in [0.25, 0.3) is 0 Å². The molecule has 1 unspecified atom stereocenters. The molecule has 0 rings (SSSR count). The molecule has 16 heavy (non-hydrogen) atoms. The monoisotopic (exact) mass is 230 g/mol. The van der Waals surface area contributed by atoms with E-state index in [0.717, 1.165) is 12.8 Å². The molecule has 0 spiro atoms. The first-order valence-electron chi connectivity index (χ1n) is 5.80. The van der Waals surface area contributed by atoms with Crippen LogP contribution in [0.1, 0.15) is 54.4 Å². The lowest BCUT2D eigenvalue weighted by molar-refractivity contribution is -0.405. The number of rotatable bonds is 6. The van der Waals surface area contributed by atoms with Crippen LogP contribution in [-0.2, 0) is 9.78 Å². The second kappa shape index (κ2) is 6.38. The molecule has 0 aromatic carbocycles. The van der Waals surface area contributed by atoms with Crippen LogP contribution in [0.3, 0.4) is 0 Å². The highest BCUT2D eigenvalue weighted by atomic mass is 17.2. The Hall–Kier alpha value is -0.380. The zero-order valence-corrected chi connectivity index (χ0v) is 11.5. The molecule has 0 aliphatic rings. The number of aliphatic hydroxyl groups excluding tert-OH is 1. The molecule has 1 atom stereocenters. The molecule has 0 bridgehead atoms. The number of aliphatic hydroxyl groups is 1. The summed E-state index contributed by atoms with van der Waals surface area (Å²) in [6, 6.07) is 0. The van der Waals surface area contributed by atoms with Crippen molar-refractivity contribution in [2.45, 2.75) is 65.6 Å². The molecule has 0 fully saturated rings. The Labute approximate surface area is 99.4 Å². The molecule has 0 amide bonds. The van der Waals surface area contributed by atoms with Crippen LogP contribution in [0.15, 0.2) is 11.6 Å². The molecule has 0 saturated carbocycles. The third-order valence-electron chi connectivity index (χ3n) is 2.05. The highest BCUT2D eigenvalue weighted by Crippen LogP contribution is 2.21. The van der Waals surface area contributed by atoms with E-state index in [1.807, 2.05) is 27.7 Å². The summed E-state index contributed by atoms with van der Waals surface area (Å²) in [5.41, 5.74) is 0.295. The van der Waals surface area contributed by atoms with Crippen LogP contribution in [-0.4, -0.2) is 22.9 Å². The molecule has 0 aromatic rings. The predicted octanol–water partition coefficient (Wildman–Crippen LogP) is 3.23. The summed E-state index contributed by atoms with van der Waals surface area (Å²) in [5, 5.41) is 9.32. The molecule has 0 aliphatic carbocycles. The van der Waals surface area contributed by atoms with Crippen LogP contribution >= 0.6 is 0 Å². The molecule has 3 nitrogen and oxygen atoms in total. The molecule has 1 N–H and O–H groups in total. The molecule has 96 valence electrons. The number of hydrogen-bond donors (Lipinski definition) is 1. The maximum absolute atomic E-state index is 9.32. The molecule has 0 aromatic heterocycles. The average molecular weight is 230 g/mol. The second-order valence-corrected chi connectivity index (χ2v) is 5.71. The fourth-order valence-corrected chi connectivity index (χ4v) is 1.04. The number of hydrogen-bond acceptors (Lipinski definition) is 3. The quantitative estimate of drug-likeness (QED) is 0.432. The normalized spacial score (nSPS) is 15.7. The first kappa shape index (κ1) is 15.6. The first-order valence-corrected chi connectivity index (χ1v) is 5.80.